The maximum Gasteiger partial charge on any atom is 0.279 e. The van der Waals surface area contributed by atoms with Crippen molar-refractivity contribution in [1.29, 1.82) is 0 Å². The van der Waals surface area contributed by atoms with Crippen molar-refractivity contribution in [3.05, 3.63) is 129 Å². The van der Waals surface area contributed by atoms with Crippen LogP contribution in [0.3, 0.4) is 0 Å². The number of hydrogen-bond acceptors (Lipinski definition) is 10. The summed E-state index contributed by atoms with van der Waals surface area (Å²) in [6.45, 7) is 6.11. The number of aryl methyl sites for hydroxylation is 2. The van der Waals surface area contributed by atoms with Gasteiger partial charge in [0.25, 0.3) is 11.8 Å². The summed E-state index contributed by atoms with van der Waals surface area (Å²) in [7, 11) is 0. The van der Waals surface area contributed by atoms with Crippen LogP contribution in [0.2, 0.25) is 10.0 Å². The quantitative estimate of drug-likeness (QED) is 0.0591. The molecule has 12 nitrogen and oxygen atoms in total. The Kier molecular flexibility index (Phi) is 15.5. The number of nitrogens with zero attached hydrogens (tertiary/aromatic N) is 4. The number of para-hydroxylation sites is 2. The minimum absolute atomic E-state index is 0. The smallest absolute Gasteiger partial charge is 0.279 e. The molecule has 0 aromatic heterocycles. The number of benzene rings is 4. The SMILES string of the molecule is C/C(O)=C(/N=Nc1cc(Cl)c(C)cc1O)C(=O)Nc1ccccc1.C/C(O)=C(/N=Nc1cc(Cl)c(C)cc1O)C(=O)Nc1ccccc1.[Co]. The van der Waals surface area contributed by atoms with Crippen LogP contribution in [-0.2, 0) is 26.4 Å². The molecule has 257 valence electrons. The second-order valence-electron chi connectivity index (χ2n) is 10.1. The molecule has 0 saturated carbocycles. The number of allylic oxidation sites excluding steroid dienone is 2. The van der Waals surface area contributed by atoms with E-state index in [-0.39, 0.29) is 62.6 Å². The van der Waals surface area contributed by atoms with E-state index in [1.165, 1.54) is 38.1 Å². The third kappa shape index (κ3) is 12.1. The minimum Gasteiger partial charge on any atom is -0.510 e. The van der Waals surface area contributed by atoms with Gasteiger partial charge in [0.15, 0.2) is 11.4 Å². The first-order valence-electron chi connectivity index (χ1n) is 14.1. The molecule has 6 N–H and O–H groups in total. The molecular formula is C34H32Cl2CoN6O6. The Morgan fingerprint density at radius 2 is 0.939 bits per heavy atom. The van der Waals surface area contributed by atoms with Crippen molar-refractivity contribution in [2.45, 2.75) is 27.7 Å². The molecule has 0 aliphatic heterocycles. The topological polar surface area (TPSA) is 189 Å². The van der Waals surface area contributed by atoms with Gasteiger partial charge in [-0.3, -0.25) is 9.59 Å². The number of aromatic hydroxyl groups is 2. The number of carbonyl (C=O) groups is 2. The summed E-state index contributed by atoms with van der Waals surface area (Å²) in [5.74, 6) is -2.10. The van der Waals surface area contributed by atoms with Crippen LogP contribution in [0.4, 0.5) is 22.7 Å². The van der Waals surface area contributed by atoms with Crippen molar-refractivity contribution in [1.82, 2.24) is 0 Å². The summed E-state index contributed by atoms with van der Waals surface area (Å²) in [5.41, 5.74) is 2.13. The first-order chi connectivity index (χ1) is 22.8. The van der Waals surface area contributed by atoms with Crippen LogP contribution in [0.1, 0.15) is 25.0 Å². The second-order valence-corrected chi connectivity index (χ2v) is 10.9. The van der Waals surface area contributed by atoms with E-state index in [2.05, 4.69) is 31.1 Å². The Bertz CT molecular complexity index is 1770. The van der Waals surface area contributed by atoms with Gasteiger partial charge in [0, 0.05) is 38.2 Å². The van der Waals surface area contributed by atoms with Gasteiger partial charge in [0.2, 0.25) is 0 Å². The molecule has 4 rings (SSSR count). The van der Waals surface area contributed by atoms with E-state index in [0.717, 1.165) is 0 Å². The van der Waals surface area contributed by atoms with Gasteiger partial charge in [-0.2, -0.15) is 0 Å². The summed E-state index contributed by atoms with van der Waals surface area (Å²) in [6, 6.07) is 23.2. The Morgan fingerprint density at radius 3 is 1.24 bits per heavy atom. The maximum atomic E-state index is 12.2. The van der Waals surface area contributed by atoms with Crippen molar-refractivity contribution in [2.24, 2.45) is 20.5 Å². The number of aliphatic hydroxyl groups is 2. The van der Waals surface area contributed by atoms with Crippen LogP contribution >= 0.6 is 23.2 Å². The number of phenolic OH excluding ortho intramolecular Hbond substituents is 2. The molecule has 0 aliphatic rings. The molecule has 0 aliphatic carbocycles. The predicted molar refractivity (Wildman–Crippen MR) is 186 cm³/mol. The van der Waals surface area contributed by atoms with E-state index in [9.17, 15) is 30.0 Å². The zero-order chi connectivity index (χ0) is 35.4. The fourth-order valence-corrected chi connectivity index (χ4v) is 3.98. The third-order valence-corrected chi connectivity index (χ3v) is 7.02. The molecule has 4 aromatic carbocycles. The summed E-state index contributed by atoms with van der Waals surface area (Å²) in [6.07, 6.45) is 0. The van der Waals surface area contributed by atoms with Crippen LogP contribution in [0.25, 0.3) is 0 Å². The molecule has 0 atom stereocenters. The van der Waals surface area contributed by atoms with Crippen molar-refractivity contribution in [3.8, 4) is 11.5 Å². The van der Waals surface area contributed by atoms with Crippen LogP contribution in [0.5, 0.6) is 11.5 Å². The van der Waals surface area contributed by atoms with Gasteiger partial charge in [0.05, 0.1) is 0 Å². The van der Waals surface area contributed by atoms with Gasteiger partial charge in [-0.25, -0.2) is 0 Å². The van der Waals surface area contributed by atoms with Crippen LogP contribution in [0, 0.1) is 13.8 Å². The molecule has 0 fully saturated rings. The number of aliphatic hydroxyl groups excluding tert-OH is 2. The number of anilines is 2. The first kappa shape index (κ1) is 40.0. The standard InChI is InChI=1S/2C17H16ClN3O3.Co/c2*1-10-8-15(23)14(9-13(10)18)20-21-16(11(2)22)17(24)19-12-6-4-3-5-7-12;/h2*3-9,22-23H,1-2H3,(H,19,24);/b2*16-11-,21-20?;. The normalized spacial score (nSPS) is 11.9. The molecule has 0 heterocycles. The summed E-state index contributed by atoms with van der Waals surface area (Å²) in [4.78, 5) is 24.4. The van der Waals surface area contributed by atoms with E-state index in [4.69, 9.17) is 23.2 Å². The fourth-order valence-electron chi connectivity index (χ4n) is 3.67. The number of azo groups is 2. The van der Waals surface area contributed by atoms with E-state index in [1.54, 1.807) is 62.4 Å². The Hall–Kier alpha value is -5.21. The zero-order valence-electron chi connectivity index (χ0n) is 26.6. The number of nitrogens with one attached hydrogen (secondary N) is 2. The van der Waals surface area contributed by atoms with E-state index >= 15 is 0 Å². The van der Waals surface area contributed by atoms with E-state index in [0.29, 0.717) is 32.5 Å². The number of amides is 2. The van der Waals surface area contributed by atoms with E-state index in [1.807, 2.05) is 12.1 Å². The van der Waals surface area contributed by atoms with E-state index < -0.39 is 11.8 Å². The number of rotatable bonds is 8. The second kappa shape index (κ2) is 19.0. The van der Waals surface area contributed by atoms with Crippen LogP contribution < -0.4 is 10.6 Å². The summed E-state index contributed by atoms with van der Waals surface area (Å²) in [5, 5.41) is 60.2. The number of phenols is 2. The number of halogens is 2. The maximum absolute atomic E-state index is 12.2. The number of carbonyl (C=O) groups excluding carboxylic acids is 2. The minimum atomic E-state index is -0.623. The Balaban J connectivity index is 0.000000333. The predicted octanol–water partition coefficient (Wildman–Crippen LogP) is 9.73. The fraction of sp³-hybridized carbons (Fsp3) is 0.118. The third-order valence-electron chi connectivity index (χ3n) is 6.21. The average Bonchev–Trinajstić information content (AvgIpc) is 3.03. The largest absolute Gasteiger partial charge is 0.510 e. The van der Waals surface area contributed by atoms with Crippen LogP contribution in [0.15, 0.2) is 128 Å². The van der Waals surface area contributed by atoms with Crippen molar-refractivity contribution in [2.75, 3.05) is 10.6 Å². The summed E-state index contributed by atoms with van der Waals surface area (Å²) < 4.78 is 0. The van der Waals surface area contributed by atoms with Crippen molar-refractivity contribution >= 4 is 57.8 Å². The molecule has 4 aromatic rings. The molecule has 49 heavy (non-hydrogen) atoms. The Morgan fingerprint density at radius 1 is 0.612 bits per heavy atom. The van der Waals surface area contributed by atoms with Crippen LogP contribution in [-0.4, -0.2) is 32.2 Å². The molecule has 0 bridgehead atoms. The molecule has 15 heteroatoms. The van der Waals surface area contributed by atoms with Crippen molar-refractivity contribution < 1.29 is 46.8 Å². The molecule has 0 spiro atoms. The molecule has 2 amide bonds. The van der Waals surface area contributed by atoms with Gasteiger partial charge in [-0.05, 0) is 87.4 Å². The van der Waals surface area contributed by atoms with Gasteiger partial charge >= 0.3 is 0 Å². The molecular weight excluding hydrogens is 718 g/mol. The first-order valence-corrected chi connectivity index (χ1v) is 14.9. The van der Waals surface area contributed by atoms with Crippen molar-refractivity contribution in [3.63, 3.8) is 0 Å². The number of hydrogen-bond donors (Lipinski definition) is 6. The summed E-state index contributed by atoms with van der Waals surface area (Å²) >= 11 is 12.0. The molecule has 0 unspecified atom stereocenters. The van der Waals surface area contributed by atoms with Gasteiger partial charge in [-0.15, -0.1) is 20.5 Å². The molecule has 1 radical (unpaired) electrons. The van der Waals surface area contributed by atoms with Gasteiger partial charge in [-0.1, -0.05) is 59.6 Å². The van der Waals surface area contributed by atoms with Gasteiger partial charge in [0.1, 0.15) is 34.4 Å². The zero-order valence-corrected chi connectivity index (χ0v) is 29.1. The Labute approximate surface area is 302 Å². The monoisotopic (exact) mass is 749 g/mol. The van der Waals surface area contributed by atoms with Gasteiger partial charge < -0.3 is 31.1 Å². The molecule has 0 saturated heterocycles. The average molecular weight is 751 g/mol.